The van der Waals surface area contributed by atoms with E-state index in [9.17, 15) is 13.0 Å². The lowest BCUT2D eigenvalue weighted by molar-refractivity contribution is -0.311. The average molecular weight is 933 g/mol. The van der Waals surface area contributed by atoms with Gasteiger partial charge in [-0.05, 0) is 33.4 Å². The van der Waals surface area contributed by atoms with Crippen LogP contribution in [0.1, 0.15) is 33.4 Å². The highest BCUT2D eigenvalue weighted by atomic mass is 32.3. The van der Waals surface area contributed by atoms with Crippen LogP contribution < -0.4 is 0 Å². The van der Waals surface area contributed by atoms with Crippen LogP contribution in [0.3, 0.4) is 0 Å². The molecule has 346 valence electrons. The van der Waals surface area contributed by atoms with Gasteiger partial charge in [-0.2, -0.15) is 0 Å². The molecule has 6 aromatic carbocycles. The van der Waals surface area contributed by atoms with Crippen molar-refractivity contribution in [2.45, 2.75) is 87.8 Å². The summed E-state index contributed by atoms with van der Waals surface area (Å²) < 4.78 is 91.0. The Balaban J connectivity index is 1.14. The lowest BCUT2D eigenvalue weighted by atomic mass is 9.99. The third-order valence-electron chi connectivity index (χ3n) is 11.6. The molecule has 2 aliphatic rings. The quantitative estimate of drug-likeness (QED) is 0.0349. The van der Waals surface area contributed by atoms with E-state index in [1.54, 1.807) is 0 Å². The van der Waals surface area contributed by atoms with Crippen LogP contribution in [-0.2, 0) is 98.3 Å². The maximum Gasteiger partial charge on any atom is 0.218 e. The molecule has 2 heterocycles. The molecule has 13 heteroatoms. The van der Waals surface area contributed by atoms with Crippen molar-refractivity contribution in [2.75, 3.05) is 18.1 Å². The first-order chi connectivity index (χ1) is 32.3. The summed E-state index contributed by atoms with van der Waals surface area (Å²) in [6.45, 7) is 1.74. The normalized spacial score (nSPS) is 24.3. The van der Waals surface area contributed by atoms with E-state index in [0.29, 0.717) is 32.2 Å². The maximum atomic E-state index is 12.8. The molecule has 2 unspecified atom stereocenters. The molecule has 8 rings (SSSR count). The first kappa shape index (κ1) is 47.7. The fourth-order valence-corrected chi connectivity index (χ4v) is 11.7. The SMILES string of the molecule is O=S(=O)([O-])O[C@H]1[C@H](OCc2ccccc2)[C@@H](OCc2ccccc2)C(OCc2ccccc2)O[C@@H]1C[S+]1C[C@@H](OCc2ccccc2)[C@H](OCc2ccccc2)[C@H]1COCc1ccccc1. The van der Waals surface area contributed by atoms with Crippen LogP contribution >= 0.6 is 0 Å². The molecule has 0 aliphatic carbocycles. The average Bonchev–Trinajstić information content (AvgIpc) is 3.67. The van der Waals surface area contributed by atoms with Crippen molar-refractivity contribution in [1.29, 1.82) is 0 Å². The van der Waals surface area contributed by atoms with E-state index in [2.05, 4.69) is 0 Å². The minimum absolute atomic E-state index is 0.0695. The van der Waals surface area contributed by atoms with Crippen molar-refractivity contribution in [3.8, 4) is 0 Å². The molecule has 2 saturated heterocycles. The zero-order chi connectivity index (χ0) is 45.4. The second-order valence-corrected chi connectivity index (χ2v) is 19.7. The highest BCUT2D eigenvalue weighted by Crippen LogP contribution is 2.37. The van der Waals surface area contributed by atoms with Gasteiger partial charge in [0.15, 0.2) is 11.5 Å². The molecule has 0 spiro atoms. The Labute approximate surface area is 391 Å². The minimum Gasteiger partial charge on any atom is -0.726 e. The predicted octanol–water partition coefficient (Wildman–Crippen LogP) is 8.33. The molecule has 2 fully saturated rings. The van der Waals surface area contributed by atoms with Crippen LogP contribution in [0.15, 0.2) is 182 Å². The van der Waals surface area contributed by atoms with Crippen molar-refractivity contribution in [1.82, 2.24) is 0 Å². The van der Waals surface area contributed by atoms with Gasteiger partial charge >= 0.3 is 0 Å². The molecule has 0 N–H and O–H groups in total. The van der Waals surface area contributed by atoms with E-state index in [0.717, 1.165) is 33.4 Å². The third kappa shape index (κ3) is 14.1. The van der Waals surface area contributed by atoms with Crippen LogP contribution in [0.5, 0.6) is 0 Å². The highest BCUT2D eigenvalue weighted by Gasteiger charge is 2.57. The topological polar surface area (TPSA) is 131 Å². The Bertz CT molecular complexity index is 2400. The van der Waals surface area contributed by atoms with Crippen molar-refractivity contribution in [3.63, 3.8) is 0 Å². The fourth-order valence-electron chi connectivity index (χ4n) is 8.27. The van der Waals surface area contributed by atoms with E-state index >= 15 is 0 Å². The van der Waals surface area contributed by atoms with Crippen molar-refractivity contribution in [2.24, 2.45) is 0 Å². The highest BCUT2D eigenvalue weighted by molar-refractivity contribution is 7.97. The van der Waals surface area contributed by atoms with Crippen LogP contribution in [0.2, 0.25) is 0 Å². The fraction of sp³-hybridized carbons (Fsp3) is 0.321. The standard InChI is InChI=1S/C53H56O11S2/c54-66(55,56)64-50-47(63-53(62-36-45-29-17-6-18-30-45)52(61-35-44-27-15-5-16-28-44)51(50)60-34-43-25-13-4-14-26-43)39-65-38-46(58-32-41-21-9-2-10-22-41)49(59-33-42-23-11-3-12-24-42)48(65)37-57-31-40-19-7-1-8-20-40/h1-30,46-53H,31-39H2/t46-,47-,48-,49+,50-,51+,52-,53?,65?/m1/s1. The molecule has 0 radical (unpaired) electrons. The van der Waals surface area contributed by atoms with Crippen molar-refractivity contribution >= 4 is 21.3 Å². The largest absolute Gasteiger partial charge is 0.726 e. The maximum absolute atomic E-state index is 12.8. The second kappa shape index (κ2) is 24.3. The summed E-state index contributed by atoms with van der Waals surface area (Å²) >= 11 is 0. The van der Waals surface area contributed by atoms with Gasteiger partial charge in [0, 0.05) is 10.9 Å². The van der Waals surface area contributed by atoms with Gasteiger partial charge in [-0.3, -0.25) is 4.18 Å². The zero-order valence-corrected chi connectivity index (χ0v) is 38.2. The summed E-state index contributed by atoms with van der Waals surface area (Å²) in [5.41, 5.74) is 5.65. The predicted molar refractivity (Wildman–Crippen MR) is 252 cm³/mol. The number of benzene rings is 6. The van der Waals surface area contributed by atoms with Gasteiger partial charge in [-0.1, -0.05) is 182 Å². The number of hydrogen-bond acceptors (Lipinski definition) is 11. The molecular weight excluding hydrogens is 877 g/mol. The smallest absolute Gasteiger partial charge is 0.218 e. The third-order valence-corrected chi connectivity index (χ3v) is 14.8. The zero-order valence-electron chi connectivity index (χ0n) is 36.6. The lowest BCUT2D eigenvalue weighted by Gasteiger charge is -2.45. The van der Waals surface area contributed by atoms with Gasteiger partial charge in [0.25, 0.3) is 0 Å². The van der Waals surface area contributed by atoms with Gasteiger partial charge in [-0.25, -0.2) is 8.42 Å². The number of ether oxygens (including phenoxy) is 7. The first-order valence-electron chi connectivity index (χ1n) is 22.2. The minimum atomic E-state index is -5.31. The Morgan fingerprint density at radius 2 is 0.848 bits per heavy atom. The molecule has 6 aromatic rings. The van der Waals surface area contributed by atoms with Crippen LogP contribution in [-0.4, -0.2) is 79.2 Å². The number of rotatable bonds is 23. The molecule has 0 bridgehead atoms. The van der Waals surface area contributed by atoms with Gasteiger partial charge in [0.1, 0.15) is 48.1 Å². The lowest BCUT2D eigenvalue weighted by Crippen LogP contribution is -2.62. The summed E-state index contributed by atoms with van der Waals surface area (Å²) in [6.07, 6.45) is -6.45. The Morgan fingerprint density at radius 3 is 1.29 bits per heavy atom. The monoisotopic (exact) mass is 932 g/mol. The van der Waals surface area contributed by atoms with E-state index in [4.69, 9.17) is 37.3 Å². The van der Waals surface area contributed by atoms with Gasteiger partial charge in [-0.15, -0.1) is 0 Å². The molecule has 66 heavy (non-hydrogen) atoms. The van der Waals surface area contributed by atoms with E-state index in [1.165, 1.54) is 0 Å². The second-order valence-electron chi connectivity index (χ2n) is 16.3. The van der Waals surface area contributed by atoms with Crippen LogP contribution in [0.4, 0.5) is 0 Å². The summed E-state index contributed by atoms with van der Waals surface area (Å²) in [5.74, 6) is 0.791. The molecule has 0 aromatic heterocycles. The Hall–Kier alpha value is -4.74. The Kier molecular flexibility index (Phi) is 17.6. The molecule has 9 atom stereocenters. The summed E-state index contributed by atoms with van der Waals surface area (Å²) in [7, 11) is -5.93. The van der Waals surface area contributed by atoms with Crippen molar-refractivity contribution in [3.05, 3.63) is 215 Å². The van der Waals surface area contributed by atoms with E-state index < -0.39 is 58.1 Å². The molecule has 0 amide bonds. The summed E-state index contributed by atoms with van der Waals surface area (Å²) in [5, 5.41) is -0.231. The molecule has 11 nitrogen and oxygen atoms in total. The Morgan fingerprint density at radius 1 is 0.470 bits per heavy atom. The first-order valence-corrected chi connectivity index (χ1v) is 25.2. The van der Waals surface area contributed by atoms with Gasteiger partial charge in [0.2, 0.25) is 10.4 Å². The van der Waals surface area contributed by atoms with Crippen LogP contribution in [0, 0.1) is 0 Å². The summed E-state index contributed by atoms with van der Waals surface area (Å²) in [6, 6.07) is 58.7. The van der Waals surface area contributed by atoms with Gasteiger partial charge < -0.3 is 37.7 Å². The number of hydrogen-bond donors (Lipinski definition) is 0. The van der Waals surface area contributed by atoms with Crippen molar-refractivity contribution < 1.29 is 50.3 Å². The molecule has 2 aliphatic heterocycles. The van der Waals surface area contributed by atoms with Gasteiger partial charge in [0.05, 0.1) is 46.2 Å². The summed E-state index contributed by atoms with van der Waals surface area (Å²) in [4.78, 5) is 0. The van der Waals surface area contributed by atoms with E-state index in [-0.39, 0.29) is 36.9 Å². The van der Waals surface area contributed by atoms with E-state index in [1.807, 2.05) is 182 Å². The molecular formula is C53H56O11S2. The van der Waals surface area contributed by atoms with Crippen LogP contribution in [0.25, 0.3) is 0 Å². The molecule has 0 saturated carbocycles.